The molecule has 8 nitrogen and oxygen atoms in total. The van der Waals surface area contributed by atoms with Gasteiger partial charge in [0.25, 0.3) is 0 Å². The van der Waals surface area contributed by atoms with Crippen LogP contribution in [0.15, 0.2) is 47.4 Å². The Labute approximate surface area is 218 Å². The molecule has 0 radical (unpaired) electrons. The van der Waals surface area contributed by atoms with Crippen molar-refractivity contribution >= 4 is 16.1 Å². The Balaban J connectivity index is 2.02. The van der Waals surface area contributed by atoms with Gasteiger partial charge in [-0.2, -0.15) is 4.31 Å². The van der Waals surface area contributed by atoms with Crippen molar-refractivity contribution in [1.82, 2.24) is 14.5 Å². The summed E-state index contributed by atoms with van der Waals surface area (Å²) >= 11 is 0. The van der Waals surface area contributed by atoms with Crippen molar-refractivity contribution in [3.63, 3.8) is 0 Å². The molecule has 0 saturated heterocycles. The standard InChI is InChI=1S/C27H34FN3O5S/c1-5-13-29-27(33)30(4)17-25-19(2)16-31(20(3)18-32)37(34,35)26-12-11-22(15-24(26)36-25)10-9-21-7-6-8-23(28)14-21/h6-8,11-12,14-15,19-20,25,32H,5,13,16-18H2,1-4H3,(H,29,33)/t19-,20+,25-/m0/s1. The molecule has 1 aliphatic heterocycles. The molecular formula is C27H34FN3O5S. The highest BCUT2D eigenvalue weighted by Crippen LogP contribution is 2.34. The minimum Gasteiger partial charge on any atom is -0.487 e. The molecule has 3 rings (SSSR count). The van der Waals surface area contributed by atoms with E-state index in [9.17, 15) is 22.7 Å². The van der Waals surface area contributed by atoms with Gasteiger partial charge in [-0.1, -0.05) is 31.8 Å². The van der Waals surface area contributed by atoms with Gasteiger partial charge in [0, 0.05) is 43.2 Å². The molecular weight excluding hydrogens is 497 g/mol. The maximum atomic E-state index is 13.6. The molecule has 3 atom stereocenters. The van der Waals surface area contributed by atoms with Gasteiger partial charge in [0.2, 0.25) is 10.0 Å². The summed E-state index contributed by atoms with van der Waals surface area (Å²) in [5, 5.41) is 12.6. The number of ether oxygens (including phenoxy) is 1. The number of fused-ring (bicyclic) bond motifs is 1. The lowest BCUT2D eigenvalue weighted by molar-refractivity contribution is 0.0812. The second-order valence-corrected chi connectivity index (χ2v) is 11.1. The van der Waals surface area contributed by atoms with Crippen LogP contribution in [0.1, 0.15) is 38.3 Å². The summed E-state index contributed by atoms with van der Waals surface area (Å²) in [6.07, 6.45) is 0.264. The predicted molar refractivity (Wildman–Crippen MR) is 139 cm³/mol. The lowest BCUT2D eigenvalue weighted by Crippen LogP contribution is -2.51. The molecule has 1 aliphatic rings. The first kappa shape index (κ1) is 28.4. The zero-order chi connectivity index (χ0) is 27.2. The maximum absolute atomic E-state index is 13.6. The van der Waals surface area contributed by atoms with Crippen LogP contribution in [0, 0.1) is 23.6 Å². The van der Waals surface area contributed by atoms with Gasteiger partial charge < -0.3 is 20.1 Å². The molecule has 0 saturated carbocycles. The summed E-state index contributed by atoms with van der Waals surface area (Å²) in [7, 11) is -2.34. The summed E-state index contributed by atoms with van der Waals surface area (Å²) in [5.74, 6) is 5.22. The predicted octanol–water partition coefficient (Wildman–Crippen LogP) is 3.05. The number of rotatable bonds is 6. The molecule has 10 heteroatoms. The molecule has 0 fully saturated rings. The highest BCUT2D eigenvalue weighted by atomic mass is 32.2. The normalized spacial score (nSPS) is 19.7. The Morgan fingerprint density at radius 1 is 1.27 bits per heavy atom. The van der Waals surface area contributed by atoms with Crippen molar-refractivity contribution in [2.24, 2.45) is 5.92 Å². The molecule has 0 bridgehead atoms. The van der Waals surface area contributed by atoms with Crippen LogP contribution >= 0.6 is 0 Å². The summed E-state index contributed by atoms with van der Waals surface area (Å²) in [5.41, 5.74) is 0.968. The van der Waals surface area contributed by atoms with Gasteiger partial charge in [0.15, 0.2) is 0 Å². The van der Waals surface area contributed by atoms with Gasteiger partial charge in [0.1, 0.15) is 22.6 Å². The minimum absolute atomic E-state index is 0.0425. The molecule has 0 aromatic heterocycles. The highest BCUT2D eigenvalue weighted by molar-refractivity contribution is 7.89. The quantitative estimate of drug-likeness (QED) is 0.559. The van der Waals surface area contributed by atoms with E-state index in [2.05, 4.69) is 17.2 Å². The molecule has 200 valence electrons. The first-order chi connectivity index (χ1) is 17.6. The van der Waals surface area contributed by atoms with E-state index in [4.69, 9.17) is 4.74 Å². The smallest absolute Gasteiger partial charge is 0.317 e. The van der Waals surface area contributed by atoms with E-state index in [0.29, 0.717) is 17.7 Å². The fourth-order valence-corrected chi connectivity index (χ4v) is 5.78. The minimum atomic E-state index is -4.00. The van der Waals surface area contributed by atoms with Crippen LogP contribution in [0.5, 0.6) is 5.75 Å². The van der Waals surface area contributed by atoms with E-state index in [1.54, 1.807) is 38.2 Å². The summed E-state index contributed by atoms with van der Waals surface area (Å²) < 4.78 is 48.2. The number of likely N-dealkylation sites (N-methyl/N-ethyl adjacent to an activating group) is 1. The number of halogens is 1. The third-order valence-corrected chi connectivity index (χ3v) is 8.19. The first-order valence-corrected chi connectivity index (χ1v) is 13.7. The average molecular weight is 532 g/mol. The van der Waals surface area contributed by atoms with E-state index < -0.39 is 28.0 Å². The van der Waals surface area contributed by atoms with Crippen LogP contribution in [-0.4, -0.2) is 74.2 Å². The van der Waals surface area contributed by atoms with Gasteiger partial charge in [0.05, 0.1) is 13.2 Å². The van der Waals surface area contributed by atoms with Crippen LogP contribution in [-0.2, 0) is 10.0 Å². The summed E-state index contributed by atoms with van der Waals surface area (Å²) in [4.78, 5) is 13.9. The van der Waals surface area contributed by atoms with Crippen molar-refractivity contribution in [1.29, 1.82) is 0 Å². The third kappa shape index (κ3) is 7.01. The number of aliphatic hydroxyl groups is 1. The Kier molecular flexibility index (Phi) is 9.54. The second-order valence-electron chi connectivity index (χ2n) is 9.27. The van der Waals surface area contributed by atoms with E-state index in [0.717, 1.165) is 6.42 Å². The van der Waals surface area contributed by atoms with Gasteiger partial charge in [-0.3, -0.25) is 0 Å². The van der Waals surface area contributed by atoms with Crippen molar-refractivity contribution in [3.05, 3.63) is 59.4 Å². The zero-order valence-electron chi connectivity index (χ0n) is 21.6. The average Bonchev–Trinajstić information content (AvgIpc) is 2.87. The van der Waals surface area contributed by atoms with Crippen LogP contribution in [0.2, 0.25) is 0 Å². The van der Waals surface area contributed by atoms with Crippen LogP contribution in [0.3, 0.4) is 0 Å². The van der Waals surface area contributed by atoms with E-state index in [1.807, 2.05) is 13.8 Å². The molecule has 2 aromatic carbocycles. The third-order valence-electron chi connectivity index (χ3n) is 6.17. The number of carbonyl (C=O) groups is 1. The number of carbonyl (C=O) groups excluding carboxylic acids is 1. The number of aliphatic hydroxyl groups excluding tert-OH is 1. The Bertz CT molecular complexity index is 1270. The van der Waals surface area contributed by atoms with Gasteiger partial charge >= 0.3 is 6.03 Å². The molecule has 0 spiro atoms. The zero-order valence-corrected chi connectivity index (χ0v) is 22.4. The summed E-state index contributed by atoms with van der Waals surface area (Å²) in [6.45, 7) is 5.99. The van der Waals surface area contributed by atoms with Gasteiger partial charge in [-0.25, -0.2) is 17.6 Å². The SMILES string of the molecule is CCCNC(=O)N(C)C[C@@H]1Oc2cc(C#Cc3cccc(F)c3)ccc2S(=O)(=O)N([C@H](C)CO)C[C@@H]1C. The Hall–Kier alpha value is -3.13. The number of nitrogens with one attached hydrogen (secondary N) is 1. The number of amides is 2. The number of urea groups is 1. The molecule has 37 heavy (non-hydrogen) atoms. The van der Waals surface area contributed by atoms with Crippen LogP contribution < -0.4 is 10.1 Å². The number of hydrogen-bond acceptors (Lipinski definition) is 5. The molecule has 2 N–H and O–H groups in total. The fourth-order valence-electron chi connectivity index (χ4n) is 3.95. The Morgan fingerprint density at radius 2 is 1.97 bits per heavy atom. The highest BCUT2D eigenvalue weighted by Gasteiger charge is 2.38. The first-order valence-electron chi connectivity index (χ1n) is 12.3. The fraction of sp³-hybridized carbons (Fsp3) is 0.444. The van der Waals surface area contributed by atoms with Crippen molar-refractivity contribution in [2.75, 3.05) is 33.3 Å². The molecule has 2 aromatic rings. The Morgan fingerprint density at radius 3 is 2.62 bits per heavy atom. The van der Waals surface area contributed by atoms with Crippen molar-refractivity contribution in [2.45, 2.75) is 44.2 Å². The monoisotopic (exact) mass is 531 g/mol. The lowest BCUT2D eigenvalue weighted by Gasteiger charge is -2.37. The van der Waals surface area contributed by atoms with Gasteiger partial charge in [-0.05, 0) is 49.7 Å². The van der Waals surface area contributed by atoms with Gasteiger partial charge in [-0.15, -0.1) is 0 Å². The largest absolute Gasteiger partial charge is 0.487 e. The number of hydrogen-bond donors (Lipinski definition) is 2. The topological polar surface area (TPSA) is 99.2 Å². The summed E-state index contributed by atoms with van der Waals surface area (Å²) in [6, 6.07) is 9.52. The molecule has 0 unspecified atom stereocenters. The van der Waals surface area contributed by atoms with E-state index in [-0.39, 0.29) is 42.3 Å². The van der Waals surface area contributed by atoms with Crippen molar-refractivity contribution in [3.8, 4) is 17.6 Å². The van der Waals surface area contributed by atoms with E-state index in [1.165, 1.54) is 27.4 Å². The number of sulfonamides is 1. The van der Waals surface area contributed by atoms with E-state index >= 15 is 0 Å². The lowest BCUT2D eigenvalue weighted by atomic mass is 10.0. The molecule has 2 amide bonds. The number of nitrogens with zero attached hydrogens (tertiary/aromatic N) is 2. The van der Waals surface area contributed by atoms with Crippen LogP contribution in [0.4, 0.5) is 9.18 Å². The number of benzene rings is 2. The van der Waals surface area contributed by atoms with Crippen molar-refractivity contribution < 1.29 is 27.4 Å². The maximum Gasteiger partial charge on any atom is 0.317 e. The second kappa shape index (κ2) is 12.4. The molecule has 0 aliphatic carbocycles. The van der Waals surface area contributed by atoms with Crippen LogP contribution in [0.25, 0.3) is 0 Å². The molecule has 1 heterocycles.